The number of hydrogen-bond acceptors (Lipinski definition) is 7. The Morgan fingerprint density at radius 2 is 2.00 bits per heavy atom. The first-order chi connectivity index (χ1) is 16.7. The molecule has 0 bridgehead atoms. The van der Waals surface area contributed by atoms with Gasteiger partial charge in [0.15, 0.2) is 17.2 Å². The first-order valence-electron chi connectivity index (χ1n) is 11.1. The van der Waals surface area contributed by atoms with Crippen molar-refractivity contribution in [3.8, 4) is 22.7 Å². The Kier molecular flexibility index (Phi) is 5.32. The number of fused-ring (bicyclic) bond motifs is 1. The van der Waals surface area contributed by atoms with Crippen molar-refractivity contribution in [2.75, 3.05) is 13.6 Å². The monoisotopic (exact) mass is 475 g/mol. The third kappa shape index (κ3) is 3.71. The minimum Gasteiger partial charge on any atom is -0.374 e. The molecule has 0 aliphatic carbocycles. The Bertz CT molecular complexity index is 1500. The van der Waals surface area contributed by atoms with E-state index < -0.39 is 23.2 Å². The van der Waals surface area contributed by atoms with Gasteiger partial charge in [0.05, 0.1) is 5.52 Å². The van der Waals surface area contributed by atoms with E-state index in [9.17, 15) is 19.1 Å². The van der Waals surface area contributed by atoms with Gasteiger partial charge in [-0.3, -0.25) is 9.59 Å². The van der Waals surface area contributed by atoms with Crippen LogP contribution in [0.5, 0.6) is 0 Å². The molecule has 0 unspecified atom stereocenters. The summed E-state index contributed by atoms with van der Waals surface area (Å²) >= 11 is 0. The number of nitrogens with two attached hydrogens (primary N) is 1. The number of aromatic nitrogens is 3. The van der Waals surface area contributed by atoms with Crippen LogP contribution >= 0.6 is 0 Å². The zero-order chi connectivity index (χ0) is 24.9. The highest BCUT2D eigenvalue weighted by Crippen LogP contribution is 2.35. The lowest BCUT2D eigenvalue weighted by Gasteiger charge is -2.16. The number of hydrogen-bond donors (Lipinski definition) is 2. The molecule has 10 heteroatoms. The Hall–Kier alpha value is -4.18. The average Bonchev–Trinajstić information content (AvgIpc) is 3.45. The molecule has 0 spiro atoms. The Morgan fingerprint density at radius 3 is 2.69 bits per heavy atom. The van der Waals surface area contributed by atoms with Gasteiger partial charge in [-0.15, -0.1) is 0 Å². The fourth-order valence-corrected chi connectivity index (χ4v) is 4.41. The standard InChI is InChI=1S/C25H22FN5O4/c1-3-13-10-16(26)11-17-20(13)21(22(27)32)29-23(28-17)15-6-4-5-14(9-15)18-12-19(30-35-18)25(34)7-8-31(2)24(25)33/h4-6,9-12,34H,3,7-8H2,1-2H3,(H2,27,32)/t25-/m1/s1. The fraction of sp³-hybridized carbons (Fsp3) is 0.240. The summed E-state index contributed by atoms with van der Waals surface area (Å²) in [5.41, 5.74) is 6.00. The molecular formula is C25H22FN5O4. The molecule has 5 rings (SSSR count). The van der Waals surface area contributed by atoms with Gasteiger partial charge < -0.3 is 20.3 Å². The summed E-state index contributed by atoms with van der Waals surface area (Å²) in [7, 11) is 1.62. The number of primary amides is 1. The number of aliphatic hydroxyl groups is 1. The molecule has 1 fully saturated rings. The molecule has 1 saturated heterocycles. The number of rotatable bonds is 5. The van der Waals surface area contributed by atoms with Crippen LogP contribution in [0.3, 0.4) is 0 Å². The van der Waals surface area contributed by atoms with Crippen LogP contribution in [0.15, 0.2) is 47.0 Å². The molecule has 3 N–H and O–H groups in total. The Balaban J connectivity index is 1.58. The van der Waals surface area contributed by atoms with Gasteiger partial charge in [0.2, 0.25) is 0 Å². The van der Waals surface area contributed by atoms with Crippen molar-refractivity contribution in [2.24, 2.45) is 5.73 Å². The Labute approximate surface area is 199 Å². The third-order valence-electron chi connectivity index (χ3n) is 6.31. The van der Waals surface area contributed by atoms with Crippen LogP contribution in [-0.2, 0) is 16.8 Å². The lowest BCUT2D eigenvalue weighted by molar-refractivity contribution is -0.143. The first kappa shape index (κ1) is 22.6. The maximum Gasteiger partial charge on any atom is 0.268 e. The predicted octanol–water partition coefficient (Wildman–Crippen LogP) is 2.80. The maximum absolute atomic E-state index is 14.2. The highest BCUT2D eigenvalue weighted by Gasteiger charge is 2.47. The van der Waals surface area contributed by atoms with E-state index in [2.05, 4.69) is 15.1 Å². The van der Waals surface area contributed by atoms with Crippen LogP contribution in [0.4, 0.5) is 4.39 Å². The number of carbonyl (C=O) groups excluding carboxylic acids is 2. The quantitative estimate of drug-likeness (QED) is 0.453. The summed E-state index contributed by atoms with van der Waals surface area (Å²) in [6.07, 6.45) is 0.691. The van der Waals surface area contributed by atoms with Gasteiger partial charge in [-0.05, 0) is 24.1 Å². The van der Waals surface area contributed by atoms with E-state index in [1.807, 2.05) is 6.92 Å². The summed E-state index contributed by atoms with van der Waals surface area (Å²) in [5, 5.41) is 15.2. The molecule has 2 aromatic carbocycles. The molecule has 0 saturated carbocycles. The van der Waals surface area contributed by atoms with Gasteiger partial charge in [-0.25, -0.2) is 14.4 Å². The lowest BCUT2D eigenvalue weighted by Crippen LogP contribution is -2.36. The molecule has 3 heterocycles. The van der Waals surface area contributed by atoms with Crippen molar-refractivity contribution >= 4 is 22.7 Å². The number of benzene rings is 2. The summed E-state index contributed by atoms with van der Waals surface area (Å²) in [6, 6.07) is 11.0. The summed E-state index contributed by atoms with van der Waals surface area (Å²) in [5.74, 6) is -1.13. The van der Waals surface area contributed by atoms with Crippen LogP contribution in [0, 0.1) is 5.82 Å². The maximum atomic E-state index is 14.2. The topological polar surface area (TPSA) is 135 Å². The van der Waals surface area contributed by atoms with Crippen molar-refractivity contribution in [3.63, 3.8) is 0 Å². The Morgan fingerprint density at radius 1 is 1.23 bits per heavy atom. The number of halogens is 1. The molecule has 178 valence electrons. The second-order valence-electron chi connectivity index (χ2n) is 8.57. The number of likely N-dealkylation sites (tertiary alicyclic amines) is 1. The molecule has 1 aliphatic rings. The largest absolute Gasteiger partial charge is 0.374 e. The molecule has 0 radical (unpaired) electrons. The van der Waals surface area contributed by atoms with Crippen LogP contribution in [0.2, 0.25) is 0 Å². The summed E-state index contributed by atoms with van der Waals surface area (Å²) in [6.45, 7) is 2.25. The highest BCUT2D eigenvalue weighted by molar-refractivity contribution is 6.05. The van der Waals surface area contributed by atoms with E-state index in [0.717, 1.165) is 0 Å². The molecule has 4 aromatic rings. The second kappa shape index (κ2) is 8.24. The lowest BCUT2D eigenvalue weighted by atomic mass is 9.97. The molecule has 2 aromatic heterocycles. The zero-order valence-corrected chi connectivity index (χ0v) is 19.1. The van der Waals surface area contributed by atoms with E-state index in [1.165, 1.54) is 23.1 Å². The fourth-order valence-electron chi connectivity index (χ4n) is 4.41. The number of amides is 2. The zero-order valence-electron chi connectivity index (χ0n) is 19.1. The molecular weight excluding hydrogens is 453 g/mol. The second-order valence-corrected chi connectivity index (χ2v) is 8.57. The van der Waals surface area contributed by atoms with Crippen molar-refractivity contribution in [1.82, 2.24) is 20.0 Å². The SMILES string of the molecule is CCc1cc(F)cc2nc(-c3cccc(-c4cc([C@]5(O)CCN(C)C5=O)no4)c3)nc(C(N)=O)c12. The van der Waals surface area contributed by atoms with Crippen molar-refractivity contribution in [2.45, 2.75) is 25.4 Å². The highest BCUT2D eigenvalue weighted by atomic mass is 19.1. The van der Waals surface area contributed by atoms with Crippen molar-refractivity contribution in [3.05, 3.63) is 65.2 Å². The molecule has 9 nitrogen and oxygen atoms in total. The number of aryl methyl sites for hydroxylation is 1. The minimum absolute atomic E-state index is 0.0142. The smallest absolute Gasteiger partial charge is 0.268 e. The number of nitrogens with zero attached hydrogens (tertiary/aromatic N) is 4. The van der Waals surface area contributed by atoms with E-state index in [1.54, 1.807) is 31.3 Å². The third-order valence-corrected chi connectivity index (χ3v) is 6.31. The van der Waals surface area contributed by atoms with Crippen LogP contribution in [0.1, 0.15) is 35.1 Å². The number of likely N-dealkylation sites (N-methyl/N-ethyl adjacent to an activating group) is 1. The van der Waals surface area contributed by atoms with Gasteiger partial charge in [-0.2, -0.15) is 0 Å². The van der Waals surface area contributed by atoms with Gasteiger partial charge in [-0.1, -0.05) is 30.3 Å². The average molecular weight is 475 g/mol. The first-order valence-corrected chi connectivity index (χ1v) is 11.1. The van der Waals surface area contributed by atoms with Crippen molar-refractivity contribution in [1.29, 1.82) is 0 Å². The van der Waals surface area contributed by atoms with Gasteiger partial charge in [0, 0.05) is 48.7 Å². The molecule has 35 heavy (non-hydrogen) atoms. The van der Waals surface area contributed by atoms with Gasteiger partial charge in [0.1, 0.15) is 17.2 Å². The predicted molar refractivity (Wildman–Crippen MR) is 124 cm³/mol. The van der Waals surface area contributed by atoms with E-state index >= 15 is 0 Å². The van der Waals surface area contributed by atoms with Gasteiger partial charge >= 0.3 is 0 Å². The molecule has 1 atom stereocenters. The normalized spacial score (nSPS) is 17.9. The summed E-state index contributed by atoms with van der Waals surface area (Å²) < 4.78 is 19.6. The van der Waals surface area contributed by atoms with Gasteiger partial charge in [0.25, 0.3) is 11.8 Å². The number of carbonyl (C=O) groups is 2. The van der Waals surface area contributed by atoms with Crippen LogP contribution in [0.25, 0.3) is 33.6 Å². The van der Waals surface area contributed by atoms with E-state index in [-0.39, 0.29) is 29.1 Å². The van der Waals surface area contributed by atoms with E-state index in [4.69, 9.17) is 10.3 Å². The molecule has 1 aliphatic heterocycles. The van der Waals surface area contributed by atoms with E-state index in [0.29, 0.717) is 40.8 Å². The van der Waals surface area contributed by atoms with Crippen molar-refractivity contribution < 1.29 is 23.6 Å². The summed E-state index contributed by atoms with van der Waals surface area (Å²) in [4.78, 5) is 34.9. The minimum atomic E-state index is -1.73. The van der Waals surface area contributed by atoms with Crippen LogP contribution < -0.4 is 5.73 Å². The van der Waals surface area contributed by atoms with Crippen LogP contribution in [-0.4, -0.2) is 50.5 Å². The molecule has 2 amide bonds.